The number of rotatable bonds is 2. The summed E-state index contributed by atoms with van der Waals surface area (Å²) >= 11 is 0. The zero-order chi connectivity index (χ0) is 12.6. The van der Waals surface area contributed by atoms with E-state index in [1.54, 1.807) is 20.8 Å². The first kappa shape index (κ1) is 13.0. The van der Waals surface area contributed by atoms with E-state index in [4.69, 9.17) is 5.73 Å². The lowest BCUT2D eigenvalue weighted by atomic mass is 9.85. The van der Waals surface area contributed by atoms with E-state index in [2.05, 4.69) is 0 Å². The standard InChI is InChI=1S/C12H16F3N/c1-11(2,3)8-5-4-6-9(10(8)13)12(14,15)7-16/h4-6H,7,16H2,1-3H3. The zero-order valence-electron chi connectivity index (χ0n) is 9.65. The summed E-state index contributed by atoms with van der Waals surface area (Å²) < 4.78 is 40.6. The summed E-state index contributed by atoms with van der Waals surface area (Å²) in [5.41, 5.74) is 4.09. The number of hydrogen-bond acceptors (Lipinski definition) is 1. The van der Waals surface area contributed by atoms with Crippen LogP contribution < -0.4 is 5.73 Å². The number of hydrogen-bond donors (Lipinski definition) is 1. The zero-order valence-corrected chi connectivity index (χ0v) is 9.65. The van der Waals surface area contributed by atoms with E-state index in [0.29, 0.717) is 0 Å². The van der Waals surface area contributed by atoms with E-state index in [9.17, 15) is 13.2 Å². The molecule has 0 atom stereocenters. The van der Waals surface area contributed by atoms with Crippen molar-refractivity contribution in [3.63, 3.8) is 0 Å². The van der Waals surface area contributed by atoms with Crippen LogP contribution in [0.2, 0.25) is 0 Å². The fourth-order valence-electron chi connectivity index (χ4n) is 1.50. The summed E-state index contributed by atoms with van der Waals surface area (Å²) in [5.74, 6) is -4.17. The highest BCUT2D eigenvalue weighted by atomic mass is 19.3. The van der Waals surface area contributed by atoms with Crippen LogP contribution in [0.4, 0.5) is 13.2 Å². The van der Waals surface area contributed by atoms with Crippen molar-refractivity contribution in [3.05, 3.63) is 35.1 Å². The molecule has 90 valence electrons. The molecule has 4 heteroatoms. The molecule has 0 aliphatic heterocycles. The van der Waals surface area contributed by atoms with Crippen molar-refractivity contribution in [3.8, 4) is 0 Å². The normalized spacial score (nSPS) is 12.9. The fraction of sp³-hybridized carbons (Fsp3) is 0.500. The van der Waals surface area contributed by atoms with Crippen molar-refractivity contribution in [2.45, 2.75) is 32.1 Å². The van der Waals surface area contributed by atoms with Crippen molar-refractivity contribution in [1.29, 1.82) is 0 Å². The van der Waals surface area contributed by atoms with Gasteiger partial charge in [-0.1, -0.05) is 39.0 Å². The molecule has 16 heavy (non-hydrogen) atoms. The van der Waals surface area contributed by atoms with E-state index >= 15 is 0 Å². The van der Waals surface area contributed by atoms with Crippen molar-refractivity contribution in [2.24, 2.45) is 5.73 Å². The molecule has 2 N–H and O–H groups in total. The molecule has 1 aromatic carbocycles. The van der Waals surface area contributed by atoms with E-state index < -0.39 is 29.3 Å². The van der Waals surface area contributed by atoms with Crippen LogP contribution in [0.5, 0.6) is 0 Å². The molecule has 0 aliphatic rings. The predicted molar refractivity (Wildman–Crippen MR) is 58.0 cm³/mol. The van der Waals surface area contributed by atoms with Crippen molar-refractivity contribution in [1.82, 2.24) is 0 Å². The quantitative estimate of drug-likeness (QED) is 0.831. The van der Waals surface area contributed by atoms with E-state index in [0.717, 1.165) is 6.07 Å². The lowest BCUT2D eigenvalue weighted by Gasteiger charge is -2.23. The third-order valence-electron chi connectivity index (χ3n) is 2.46. The van der Waals surface area contributed by atoms with Gasteiger partial charge >= 0.3 is 0 Å². The Bertz CT molecular complexity index is 380. The minimum Gasteiger partial charge on any atom is -0.325 e. The number of nitrogens with two attached hydrogens (primary N) is 1. The van der Waals surface area contributed by atoms with Gasteiger partial charge < -0.3 is 5.73 Å². The lowest BCUT2D eigenvalue weighted by Crippen LogP contribution is -2.27. The Morgan fingerprint density at radius 2 is 1.62 bits per heavy atom. The van der Waals surface area contributed by atoms with Crippen molar-refractivity contribution in [2.75, 3.05) is 6.54 Å². The first-order chi connectivity index (χ1) is 7.20. The summed E-state index contributed by atoms with van der Waals surface area (Å²) in [6.45, 7) is 4.43. The summed E-state index contributed by atoms with van der Waals surface area (Å²) in [7, 11) is 0. The van der Waals surface area contributed by atoms with Crippen molar-refractivity contribution < 1.29 is 13.2 Å². The van der Waals surface area contributed by atoms with Gasteiger partial charge in [0.1, 0.15) is 5.82 Å². The Labute approximate surface area is 93.5 Å². The second-order valence-corrected chi connectivity index (χ2v) is 4.83. The number of benzene rings is 1. The fourth-order valence-corrected chi connectivity index (χ4v) is 1.50. The van der Waals surface area contributed by atoms with E-state index in [1.807, 2.05) is 0 Å². The van der Waals surface area contributed by atoms with Crippen LogP contribution >= 0.6 is 0 Å². The number of alkyl halides is 2. The molecule has 1 aromatic rings. The molecule has 0 amide bonds. The van der Waals surface area contributed by atoms with Crippen LogP contribution in [0, 0.1) is 5.82 Å². The maximum atomic E-state index is 13.9. The van der Waals surface area contributed by atoms with Crippen molar-refractivity contribution >= 4 is 0 Å². The molecular formula is C12H16F3N. The molecule has 0 saturated carbocycles. The molecular weight excluding hydrogens is 215 g/mol. The Balaban J connectivity index is 3.36. The summed E-state index contributed by atoms with van der Waals surface area (Å²) in [5, 5.41) is 0. The Kier molecular flexibility index (Phi) is 3.33. The SMILES string of the molecule is CC(C)(C)c1cccc(C(F)(F)CN)c1F. The van der Waals surface area contributed by atoms with Gasteiger partial charge in [-0.3, -0.25) is 0 Å². The molecule has 0 fully saturated rings. The third-order valence-corrected chi connectivity index (χ3v) is 2.46. The smallest absolute Gasteiger partial charge is 0.288 e. The van der Waals surface area contributed by atoms with Crippen LogP contribution in [0.25, 0.3) is 0 Å². The molecule has 0 aromatic heterocycles. The molecule has 0 unspecified atom stereocenters. The monoisotopic (exact) mass is 231 g/mol. The molecule has 0 saturated heterocycles. The molecule has 0 heterocycles. The predicted octanol–water partition coefficient (Wildman–Crippen LogP) is 3.17. The van der Waals surface area contributed by atoms with Crippen LogP contribution in [-0.2, 0) is 11.3 Å². The van der Waals surface area contributed by atoms with Gasteiger partial charge in [-0.25, -0.2) is 4.39 Å². The van der Waals surface area contributed by atoms with Gasteiger partial charge in [-0.2, -0.15) is 8.78 Å². The van der Waals surface area contributed by atoms with Gasteiger partial charge in [-0.15, -0.1) is 0 Å². The van der Waals surface area contributed by atoms with Gasteiger partial charge in [0.25, 0.3) is 5.92 Å². The maximum absolute atomic E-state index is 13.9. The second kappa shape index (κ2) is 4.09. The molecule has 0 aliphatic carbocycles. The Hall–Kier alpha value is -1.03. The maximum Gasteiger partial charge on any atom is 0.288 e. The summed E-state index contributed by atoms with van der Waals surface area (Å²) in [6, 6.07) is 4.03. The molecule has 0 radical (unpaired) electrons. The van der Waals surface area contributed by atoms with Crippen LogP contribution in [0.1, 0.15) is 31.9 Å². The summed E-state index contributed by atoms with van der Waals surface area (Å²) in [6.07, 6.45) is 0. The van der Waals surface area contributed by atoms with Gasteiger partial charge in [0.2, 0.25) is 0 Å². The van der Waals surface area contributed by atoms with Crippen LogP contribution in [-0.4, -0.2) is 6.54 Å². The number of halogens is 3. The van der Waals surface area contributed by atoms with Gasteiger partial charge in [-0.05, 0) is 11.0 Å². The van der Waals surface area contributed by atoms with Gasteiger partial charge in [0.05, 0.1) is 12.1 Å². The molecule has 1 nitrogen and oxygen atoms in total. The largest absolute Gasteiger partial charge is 0.325 e. The summed E-state index contributed by atoms with van der Waals surface area (Å²) in [4.78, 5) is 0. The van der Waals surface area contributed by atoms with Gasteiger partial charge in [0, 0.05) is 0 Å². The minimum atomic E-state index is -3.31. The highest BCUT2D eigenvalue weighted by Gasteiger charge is 2.35. The highest BCUT2D eigenvalue weighted by Crippen LogP contribution is 2.34. The highest BCUT2D eigenvalue weighted by molar-refractivity contribution is 5.33. The molecule has 1 rings (SSSR count). The van der Waals surface area contributed by atoms with Crippen LogP contribution in [0.3, 0.4) is 0 Å². The Morgan fingerprint density at radius 1 is 1.12 bits per heavy atom. The minimum absolute atomic E-state index is 0.276. The first-order valence-electron chi connectivity index (χ1n) is 5.07. The van der Waals surface area contributed by atoms with E-state index in [1.165, 1.54) is 12.1 Å². The second-order valence-electron chi connectivity index (χ2n) is 4.83. The topological polar surface area (TPSA) is 26.0 Å². The average Bonchev–Trinajstić information content (AvgIpc) is 2.16. The van der Waals surface area contributed by atoms with Gasteiger partial charge in [0.15, 0.2) is 0 Å². The Morgan fingerprint density at radius 3 is 2.06 bits per heavy atom. The third kappa shape index (κ3) is 2.38. The van der Waals surface area contributed by atoms with E-state index in [-0.39, 0.29) is 5.56 Å². The molecule has 0 spiro atoms. The lowest BCUT2D eigenvalue weighted by molar-refractivity contribution is 0.00212. The van der Waals surface area contributed by atoms with Crippen LogP contribution in [0.15, 0.2) is 18.2 Å². The first-order valence-corrected chi connectivity index (χ1v) is 5.07. The average molecular weight is 231 g/mol. The molecule has 0 bridgehead atoms.